The molecule has 0 radical (unpaired) electrons. The molecule has 1 rings (SSSR count). The van der Waals surface area contributed by atoms with Crippen molar-refractivity contribution in [1.29, 1.82) is 0 Å². The highest BCUT2D eigenvalue weighted by molar-refractivity contribution is 6.43. The smallest absolute Gasteiger partial charge is 0.311 e. The summed E-state index contributed by atoms with van der Waals surface area (Å²) in [6, 6.07) is 2.88. The Balaban J connectivity index is 2.81. The van der Waals surface area contributed by atoms with E-state index in [1.807, 2.05) is 13.8 Å². The minimum absolute atomic E-state index is 0.231. The lowest BCUT2D eigenvalue weighted by Crippen LogP contribution is -2.11. The summed E-state index contributed by atoms with van der Waals surface area (Å²) in [7, 11) is 0. The van der Waals surface area contributed by atoms with Gasteiger partial charge in [0.25, 0.3) is 0 Å². The molecule has 0 unspecified atom stereocenters. The lowest BCUT2D eigenvalue weighted by Gasteiger charge is -2.08. The molecule has 88 valence electrons. The zero-order chi connectivity index (χ0) is 12.3. The molecule has 0 aliphatic rings. The van der Waals surface area contributed by atoms with Crippen molar-refractivity contribution in [3.05, 3.63) is 27.2 Å². The molecule has 0 N–H and O–H groups in total. The molecule has 16 heavy (non-hydrogen) atoms. The van der Waals surface area contributed by atoms with Crippen molar-refractivity contribution in [3.63, 3.8) is 0 Å². The van der Waals surface area contributed by atoms with Gasteiger partial charge in [-0.25, -0.2) is 0 Å². The normalized spacial score (nSPS) is 10.6. The van der Waals surface area contributed by atoms with E-state index in [9.17, 15) is 4.79 Å². The lowest BCUT2D eigenvalue weighted by molar-refractivity contribution is -0.135. The molecule has 5 heteroatoms. The van der Waals surface area contributed by atoms with Crippen molar-refractivity contribution in [1.82, 2.24) is 0 Å². The van der Waals surface area contributed by atoms with Crippen molar-refractivity contribution < 1.29 is 9.53 Å². The Bertz CT molecular complexity index is 402. The molecular weight excluding hydrogens is 270 g/mol. The molecule has 1 aromatic carbocycles. The van der Waals surface area contributed by atoms with Crippen LogP contribution < -0.4 is 4.74 Å². The van der Waals surface area contributed by atoms with Gasteiger partial charge in [-0.2, -0.15) is 0 Å². The van der Waals surface area contributed by atoms with Gasteiger partial charge >= 0.3 is 5.97 Å². The summed E-state index contributed by atoms with van der Waals surface area (Å²) in [5.41, 5.74) is 0. The van der Waals surface area contributed by atoms with Gasteiger partial charge in [0, 0.05) is 12.5 Å². The standard InChI is InChI=1S/C11H11Cl3O2/c1-6(2)3-11(15)16-10-5-8(13)7(12)4-9(10)14/h4-6H,3H2,1-2H3. The number of esters is 1. The molecule has 0 bridgehead atoms. The van der Waals surface area contributed by atoms with Crippen LogP contribution in [0.3, 0.4) is 0 Å². The third kappa shape index (κ3) is 3.85. The van der Waals surface area contributed by atoms with E-state index in [0.29, 0.717) is 16.5 Å². The number of benzene rings is 1. The van der Waals surface area contributed by atoms with Crippen molar-refractivity contribution >= 4 is 40.8 Å². The molecule has 0 saturated carbocycles. The summed E-state index contributed by atoms with van der Waals surface area (Å²) in [4.78, 5) is 11.4. The summed E-state index contributed by atoms with van der Waals surface area (Å²) in [5, 5.41) is 0.903. The summed E-state index contributed by atoms with van der Waals surface area (Å²) in [5.74, 6) is 0.131. The average molecular weight is 282 g/mol. The predicted octanol–water partition coefficient (Wildman–Crippen LogP) is 4.60. The number of hydrogen-bond acceptors (Lipinski definition) is 2. The molecule has 0 spiro atoms. The van der Waals surface area contributed by atoms with Gasteiger partial charge in [-0.3, -0.25) is 4.79 Å². The van der Waals surface area contributed by atoms with Gasteiger partial charge in [-0.1, -0.05) is 48.7 Å². The Morgan fingerprint density at radius 1 is 1.19 bits per heavy atom. The average Bonchev–Trinajstić information content (AvgIpc) is 2.12. The van der Waals surface area contributed by atoms with Crippen LogP contribution in [-0.4, -0.2) is 5.97 Å². The van der Waals surface area contributed by atoms with E-state index in [1.54, 1.807) is 0 Å². The van der Waals surface area contributed by atoms with Gasteiger partial charge in [-0.05, 0) is 12.0 Å². The molecule has 0 heterocycles. The number of halogens is 3. The molecule has 0 fully saturated rings. The first-order valence-corrected chi connectivity index (χ1v) is 5.88. The van der Waals surface area contributed by atoms with Gasteiger partial charge in [0.15, 0.2) is 5.75 Å². The van der Waals surface area contributed by atoms with Crippen molar-refractivity contribution in [3.8, 4) is 5.75 Å². The molecule has 0 amide bonds. The number of hydrogen-bond donors (Lipinski definition) is 0. The van der Waals surface area contributed by atoms with Crippen LogP contribution in [0.25, 0.3) is 0 Å². The maximum absolute atomic E-state index is 11.4. The summed E-state index contributed by atoms with van der Waals surface area (Å²) >= 11 is 17.4. The quantitative estimate of drug-likeness (QED) is 0.460. The van der Waals surface area contributed by atoms with Crippen LogP contribution in [0.5, 0.6) is 5.75 Å². The zero-order valence-corrected chi connectivity index (χ0v) is 11.2. The van der Waals surface area contributed by atoms with Crippen LogP contribution in [0.1, 0.15) is 20.3 Å². The van der Waals surface area contributed by atoms with Crippen LogP contribution in [0.2, 0.25) is 15.1 Å². The van der Waals surface area contributed by atoms with E-state index in [2.05, 4.69) is 0 Å². The highest BCUT2D eigenvalue weighted by atomic mass is 35.5. The van der Waals surface area contributed by atoms with Crippen LogP contribution in [0.15, 0.2) is 12.1 Å². The summed E-state index contributed by atoms with van der Waals surface area (Å²) in [6.07, 6.45) is 0.330. The second-order valence-electron chi connectivity index (χ2n) is 3.77. The first-order valence-electron chi connectivity index (χ1n) is 4.75. The summed E-state index contributed by atoms with van der Waals surface area (Å²) < 4.78 is 5.08. The second-order valence-corrected chi connectivity index (χ2v) is 4.99. The lowest BCUT2D eigenvalue weighted by atomic mass is 10.1. The third-order valence-corrected chi connectivity index (χ3v) is 2.79. The monoisotopic (exact) mass is 280 g/mol. The fourth-order valence-electron chi connectivity index (χ4n) is 1.08. The van der Waals surface area contributed by atoms with E-state index in [-0.39, 0.29) is 22.7 Å². The highest BCUT2D eigenvalue weighted by Crippen LogP contribution is 2.34. The Labute approximate surface area is 109 Å². The van der Waals surface area contributed by atoms with Crippen LogP contribution in [-0.2, 0) is 4.79 Å². The molecule has 0 saturated heterocycles. The number of carbonyl (C=O) groups is 1. The van der Waals surface area contributed by atoms with Crippen LogP contribution in [0.4, 0.5) is 0 Å². The molecule has 1 aromatic rings. The largest absolute Gasteiger partial charge is 0.425 e. The van der Waals surface area contributed by atoms with Gasteiger partial charge in [0.1, 0.15) is 0 Å². The number of carbonyl (C=O) groups excluding carboxylic acids is 1. The SMILES string of the molecule is CC(C)CC(=O)Oc1cc(Cl)c(Cl)cc1Cl. The fourth-order valence-corrected chi connectivity index (χ4v) is 1.66. The Hall–Kier alpha value is -0.440. The number of rotatable bonds is 3. The maximum atomic E-state index is 11.4. The van der Waals surface area contributed by atoms with Crippen molar-refractivity contribution in [2.45, 2.75) is 20.3 Å². The maximum Gasteiger partial charge on any atom is 0.311 e. The fraction of sp³-hybridized carbons (Fsp3) is 0.364. The highest BCUT2D eigenvalue weighted by Gasteiger charge is 2.12. The van der Waals surface area contributed by atoms with Gasteiger partial charge in [0.05, 0.1) is 15.1 Å². The van der Waals surface area contributed by atoms with Gasteiger partial charge < -0.3 is 4.74 Å². The number of ether oxygens (including phenoxy) is 1. The Morgan fingerprint density at radius 3 is 2.31 bits per heavy atom. The van der Waals surface area contributed by atoms with Gasteiger partial charge in [0.2, 0.25) is 0 Å². The molecule has 0 atom stereocenters. The minimum atomic E-state index is -0.338. The Morgan fingerprint density at radius 2 is 1.75 bits per heavy atom. The molecular formula is C11H11Cl3O2. The molecule has 0 aromatic heterocycles. The first kappa shape index (κ1) is 13.6. The minimum Gasteiger partial charge on any atom is -0.425 e. The topological polar surface area (TPSA) is 26.3 Å². The first-order chi connectivity index (χ1) is 7.40. The van der Waals surface area contributed by atoms with Gasteiger partial charge in [-0.15, -0.1) is 0 Å². The van der Waals surface area contributed by atoms with Crippen molar-refractivity contribution in [2.75, 3.05) is 0 Å². The molecule has 2 nitrogen and oxygen atoms in total. The summed E-state index contributed by atoms with van der Waals surface area (Å²) in [6.45, 7) is 3.86. The third-order valence-electron chi connectivity index (χ3n) is 1.77. The van der Waals surface area contributed by atoms with E-state index in [1.165, 1.54) is 12.1 Å². The van der Waals surface area contributed by atoms with E-state index in [0.717, 1.165) is 0 Å². The Kier molecular flexibility index (Phi) is 4.90. The van der Waals surface area contributed by atoms with E-state index in [4.69, 9.17) is 39.5 Å². The molecule has 0 aliphatic heterocycles. The van der Waals surface area contributed by atoms with E-state index < -0.39 is 0 Å². The zero-order valence-electron chi connectivity index (χ0n) is 8.89. The van der Waals surface area contributed by atoms with Crippen LogP contribution in [0, 0.1) is 5.92 Å². The van der Waals surface area contributed by atoms with Crippen LogP contribution >= 0.6 is 34.8 Å². The van der Waals surface area contributed by atoms with Crippen molar-refractivity contribution in [2.24, 2.45) is 5.92 Å². The second kappa shape index (κ2) is 5.76. The molecule has 0 aliphatic carbocycles. The van der Waals surface area contributed by atoms with E-state index >= 15 is 0 Å². The predicted molar refractivity (Wildman–Crippen MR) is 66.6 cm³/mol.